The van der Waals surface area contributed by atoms with Crippen molar-refractivity contribution in [2.45, 2.75) is 129 Å². The van der Waals surface area contributed by atoms with E-state index < -0.39 is 0 Å². The first kappa shape index (κ1) is 24.0. The molecule has 0 heterocycles. The Kier molecular flexibility index (Phi) is 19.4. The summed E-state index contributed by atoms with van der Waals surface area (Å²) in [4.78, 5) is 11.0. The Bertz CT molecular complexity index is 265. The number of rotatable bonds is 19. The lowest BCUT2D eigenvalue weighted by Gasteiger charge is -2.06. The van der Waals surface area contributed by atoms with Crippen LogP contribution in [0.25, 0.3) is 0 Å². The predicted octanol–water partition coefficient (Wildman–Crippen LogP) is 8.12. The van der Waals surface area contributed by atoms with Crippen molar-refractivity contribution in [1.82, 2.24) is 0 Å². The first-order valence-corrected chi connectivity index (χ1v) is 11.4. The van der Waals surface area contributed by atoms with Gasteiger partial charge < -0.3 is 0 Å². The van der Waals surface area contributed by atoms with Crippen LogP contribution in [0.15, 0.2) is 0 Å². The molecule has 0 aromatic heterocycles. The third kappa shape index (κ3) is 18.4. The van der Waals surface area contributed by atoms with Crippen molar-refractivity contribution in [2.24, 2.45) is 5.92 Å². The third-order valence-corrected chi connectivity index (χ3v) is 5.60. The highest BCUT2D eigenvalue weighted by atomic mass is 32.1. The van der Waals surface area contributed by atoms with Gasteiger partial charge in [0.05, 0.1) is 0 Å². The van der Waals surface area contributed by atoms with E-state index in [4.69, 9.17) is 0 Å². The summed E-state index contributed by atoms with van der Waals surface area (Å²) in [7, 11) is 0. The van der Waals surface area contributed by atoms with Gasteiger partial charge in [-0.25, -0.2) is 0 Å². The lowest BCUT2D eigenvalue weighted by Crippen LogP contribution is -2.03. The quantitative estimate of drug-likeness (QED) is 0.183. The van der Waals surface area contributed by atoms with Crippen LogP contribution in [0.5, 0.6) is 0 Å². The van der Waals surface area contributed by atoms with Gasteiger partial charge in [-0.3, -0.25) is 4.79 Å². The molecule has 0 aliphatic carbocycles. The molecule has 0 saturated heterocycles. The van der Waals surface area contributed by atoms with E-state index in [2.05, 4.69) is 19.6 Å². The van der Waals surface area contributed by atoms with E-state index in [1.54, 1.807) is 0 Å². The first-order valence-electron chi connectivity index (χ1n) is 10.9. The van der Waals surface area contributed by atoms with Gasteiger partial charge in [0.1, 0.15) is 0 Å². The lowest BCUT2D eigenvalue weighted by atomic mass is 10.0. The Morgan fingerprint density at radius 3 is 1.21 bits per heavy atom. The number of unbranched alkanes of at least 4 members (excludes halogenated alkanes) is 16. The van der Waals surface area contributed by atoms with E-state index in [9.17, 15) is 4.79 Å². The van der Waals surface area contributed by atoms with E-state index in [1.165, 1.54) is 109 Å². The summed E-state index contributed by atoms with van der Waals surface area (Å²) in [5, 5.41) is 0.0477. The number of hydrogen-bond acceptors (Lipinski definition) is 1. The zero-order chi connectivity index (χ0) is 17.9. The van der Waals surface area contributed by atoms with Crippen LogP contribution in [0.3, 0.4) is 0 Å². The topological polar surface area (TPSA) is 17.1 Å². The lowest BCUT2D eigenvalue weighted by molar-refractivity contribution is -0.113. The summed E-state index contributed by atoms with van der Waals surface area (Å²) in [6, 6.07) is 0. The second kappa shape index (κ2) is 19.3. The summed E-state index contributed by atoms with van der Waals surface area (Å²) >= 11 is 3.89. The highest BCUT2D eigenvalue weighted by molar-refractivity contribution is 7.96. The zero-order valence-electron chi connectivity index (χ0n) is 16.7. The number of carbonyl (C=O) groups is 1. The maximum absolute atomic E-state index is 11.0. The molecule has 0 spiro atoms. The molecule has 0 amide bonds. The van der Waals surface area contributed by atoms with Gasteiger partial charge in [0.2, 0.25) is 0 Å². The Hall–Kier alpha value is 0.0200. The van der Waals surface area contributed by atoms with Gasteiger partial charge in [0.15, 0.2) is 5.12 Å². The third-order valence-electron chi connectivity index (χ3n) is 5.16. The van der Waals surface area contributed by atoms with Crippen LogP contribution in [-0.2, 0) is 4.79 Å². The van der Waals surface area contributed by atoms with Crippen LogP contribution < -0.4 is 0 Å². The molecule has 24 heavy (non-hydrogen) atoms. The molecule has 2 heteroatoms. The first-order chi connectivity index (χ1) is 11.7. The van der Waals surface area contributed by atoms with Gasteiger partial charge in [-0.1, -0.05) is 123 Å². The molecule has 1 nitrogen and oxygen atoms in total. The minimum Gasteiger partial charge on any atom is -0.287 e. The molecule has 0 rings (SSSR count). The largest absolute Gasteiger partial charge is 0.287 e. The highest BCUT2D eigenvalue weighted by Crippen LogP contribution is 2.16. The van der Waals surface area contributed by atoms with Gasteiger partial charge >= 0.3 is 0 Å². The van der Waals surface area contributed by atoms with Crippen molar-refractivity contribution in [2.75, 3.05) is 0 Å². The summed E-state index contributed by atoms with van der Waals surface area (Å²) < 4.78 is 0. The predicted molar refractivity (Wildman–Crippen MR) is 112 cm³/mol. The molecule has 0 aromatic rings. The van der Waals surface area contributed by atoms with Gasteiger partial charge in [-0.15, -0.1) is 12.6 Å². The molecule has 0 bridgehead atoms. The van der Waals surface area contributed by atoms with Gasteiger partial charge in [-0.2, -0.15) is 0 Å². The Morgan fingerprint density at radius 2 is 0.917 bits per heavy atom. The van der Waals surface area contributed by atoms with Gasteiger partial charge in [0, 0.05) is 5.92 Å². The van der Waals surface area contributed by atoms with Crippen molar-refractivity contribution >= 4 is 17.7 Å². The van der Waals surface area contributed by atoms with E-state index in [0.29, 0.717) is 0 Å². The second-order valence-electron chi connectivity index (χ2n) is 7.68. The van der Waals surface area contributed by atoms with E-state index in [0.717, 1.165) is 6.42 Å². The Morgan fingerprint density at radius 1 is 0.625 bits per heavy atom. The normalized spacial score (nSPS) is 12.5. The highest BCUT2D eigenvalue weighted by Gasteiger charge is 2.07. The van der Waals surface area contributed by atoms with Crippen LogP contribution in [0.4, 0.5) is 0 Å². The molecule has 1 unspecified atom stereocenters. The monoisotopic (exact) mass is 356 g/mol. The van der Waals surface area contributed by atoms with Crippen LogP contribution in [0.1, 0.15) is 129 Å². The maximum Gasteiger partial charge on any atom is 0.188 e. The molecule has 0 fully saturated rings. The molecule has 0 N–H and O–H groups in total. The van der Waals surface area contributed by atoms with E-state index in [-0.39, 0.29) is 11.0 Å². The van der Waals surface area contributed by atoms with E-state index >= 15 is 0 Å². The van der Waals surface area contributed by atoms with Crippen molar-refractivity contribution in [3.05, 3.63) is 0 Å². The Balaban J connectivity index is 3.04. The molecule has 0 aliphatic rings. The number of thiol groups is 1. The molecule has 1 atom stereocenters. The van der Waals surface area contributed by atoms with Crippen molar-refractivity contribution < 1.29 is 4.79 Å². The number of carbonyl (C=O) groups excluding carboxylic acids is 1. The molecule has 0 radical (unpaired) electrons. The molecule has 0 aromatic carbocycles. The van der Waals surface area contributed by atoms with Crippen molar-refractivity contribution in [3.63, 3.8) is 0 Å². The minimum absolute atomic E-state index is 0.0477. The SMILES string of the molecule is CCCCCCCCCCCCCCCCCCCC(C)C(=O)S. The van der Waals surface area contributed by atoms with Gasteiger partial charge in [-0.05, 0) is 6.42 Å². The van der Waals surface area contributed by atoms with E-state index in [1.807, 2.05) is 6.92 Å². The van der Waals surface area contributed by atoms with Crippen molar-refractivity contribution in [3.8, 4) is 0 Å². The summed E-state index contributed by atoms with van der Waals surface area (Å²) in [6.45, 7) is 4.27. The van der Waals surface area contributed by atoms with Crippen LogP contribution in [-0.4, -0.2) is 5.12 Å². The number of hydrogen-bond donors (Lipinski definition) is 1. The molecule has 144 valence electrons. The standard InChI is InChI=1S/C22H44OS/c1-3-4-5-6-7-8-9-10-11-12-13-14-15-16-17-18-19-20-21(2)22(23)24/h21H,3-20H2,1-2H3,(H,23,24). The Labute approximate surface area is 158 Å². The zero-order valence-corrected chi connectivity index (χ0v) is 17.6. The summed E-state index contributed by atoms with van der Waals surface area (Å²) in [6.07, 6.45) is 24.9. The second-order valence-corrected chi connectivity index (χ2v) is 8.13. The van der Waals surface area contributed by atoms with Crippen molar-refractivity contribution in [1.29, 1.82) is 0 Å². The molecule has 0 aliphatic heterocycles. The summed E-state index contributed by atoms with van der Waals surface area (Å²) in [5.74, 6) is 0.143. The summed E-state index contributed by atoms with van der Waals surface area (Å²) in [5.41, 5.74) is 0. The average Bonchev–Trinajstić information content (AvgIpc) is 2.57. The fraction of sp³-hybridized carbons (Fsp3) is 0.955. The van der Waals surface area contributed by atoms with Crippen LogP contribution in [0.2, 0.25) is 0 Å². The molecular weight excluding hydrogens is 312 g/mol. The maximum atomic E-state index is 11.0. The smallest absolute Gasteiger partial charge is 0.188 e. The fourth-order valence-electron chi connectivity index (χ4n) is 3.30. The van der Waals surface area contributed by atoms with Crippen LogP contribution >= 0.6 is 12.6 Å². The van der Waals surface area contributed by atoms with Crippen LogP contribution in [0, 0.1) is 5.92 Å². The minimum atomic E-state index is 0.0477. The molecule has 0 saturated carbocycles. The van der Waals surface area contributed by atoms with Gasteiger partial charge in [0.25, 0.3) is 0 Å². The molecular formula is C22H44OS. The average molecular weight is 357 g/mol. The fourth-order valence-corrected chi connectivity index (χ4v) is 3.43.